The van der Waals surface area contributed by atoms with Gasteiger partial charge in [-0.3, -0.25) is 4.99 Å². The van der Waals surface area contributed by atoms with Crippen LogP contribution in [0.5, 0.6) is 0 Å². The molecule has 3 aromatic rings. The van der Waals surface area contributed by atoms with Gasteiger partial charge >= 0.3 is 0 Å². The lowest BCUT2D eigenvalue weighted by Gasteiger charge is -2.08. The average Bonchev–Trinajstić information content (AvgIpc) is 2.57. The van der Waals surface area contributed by atoms with Crippen molar-refractivity contribution in [2.24, 2.45) is 4.99 Å². The molecule has 0 aromatic heterocycles. The van der Waals surface area contributed by atoms with E-state index in [9.17, 15) is 0 Å². The first kappa shape index (κ1) is 14.3. The Balaban J connectivity index is 1.86. The van der Waals surface area contributed by atoms with E-state index in [1.165, 1.54) is 16.8 Å². The standard InChI is InChI=1S/C21H19N/c1-4-10-18(11-5-1)16-21(17-19-12-6-2-7-13-19)22-20-14-8-3-9-15-20/h1-15H,16-17H2. The van der Waals surface area contributed by atoms with Gasteiger partial charge in [0, 0.05) is 18.6 Å². The third-order valence-electron chi connectivity index (χ3n) is 3.55. The molecule has 0 unspecified atom stereocenters. The van der Waals surface area contributed by atoms with Crippen LogP contribution in [0.25, 0.3) is 0 Å². The Kier molecular flexibility index (Phi) is 4.78. The van der Waals surface area contributed by atoms with Gasteiger partial charge in [0.2, 0.25) is 0 Å². The Morgan fingerprint density at radius 2 is 0.955 bits per heavy atom. The molecule has 1 nitrogen and oxygen atoms in total. The largest absolute Gasteiger partial charge is 0.257 e. The van der Waals surface area contributed by atoms with Gasteiger partial charge in [-0.2, -0.15) is 0 Å². The Hall–Kier alpha value is -2.67. The van der Waals surface area contributed by atoms with Crippen LogP contribution in [-0.4, -0.2) is 5.71 Å². The molecule has 0 amide bonds. The second kappa shape index (κ2) is 7.37. The monoisotopic (exact) mass is 285 g/mol. The van der Waals surface area contributed by atoms with E-state index >= 15 is 0 Å². The highest BCUT2D eigenvalue weighted by Crippen LogP contribution is 2.14. The molecule has 0 saturated heterocycles. The highest BCUT2D eigenvalue weighted by atomic mass is 14.7. The highest BCUT2D eigenvalue weighted by molar-refractivity contribution is 5.90. The van der Waals surface area contributed by atoms with Gasteiger partial charge in [-0.25, -0.2) is 0 Å². The number of rotatable bonds is 5. The van der Waals surface area contributed by atoms with E-state index in [2.05, 4.69) is 72.8 Å². The van der Waals surface area contributed by atoms with Crippen molar-refractivity contribution >= 4 is 11.4 Å². The van der Waals surface area contributed by atoms with Crippen LogP contribution in [0.15, 0.2) is 96.0 Å². The molecular weight excluding hydrogens is 266 g/mol. The molecule has 0 N–H and O–H groups in total. The van der Waals surface area contributed by atoms with Crippen LogP contribution in [0.1, 0.15) is 11.1 Å². The maximum atomic E-state index is 4.87. The van der Waals surface area contributed by atoms with Gasteiger partial charge in [-0.15, -0.1) is 0 Å². The lowest BCUT2D eigenvalue weighted by Crippen LogP contribution is -2.07. The minimum Gasteiger partial charge on any atom is -0.257 e. The van der Waals surface area contributed by atoms with Crippen LogP contribution in [0.3, 0.4) is 0 Å². The third-order valence-corrected chi connectivity index (χ3v) is 3.55. The summed E-state index contributed by atoms with van der Waals surface area (Å²) in [7, 11) is 0. The predicted molar refractivity (Wildman–Crippen MR) is 93.8 cm³/mol. The topological polar surface area (TPSA) is 12.4 Å². The zero-order valence-corrected chi connectivity index (χ0v) is 12.5. The van der Waals surface area contributed by atoms with E-state index in [0.717, 1.165) is 18.5 Å². The number of aliphatic imine (C=N–C) groups is 1. The van der Waals surface area contributed by atoms with E-state index in [-0.39, 0.29) is 0 Å². The van der Waals surface area contributed by atoms with E-state index in [0.29, 0.717) is 0 Å². The van der Waals surface area contributed by atoms with Crippen molar-refractivity contribution in [3.05, 3.63) is 102 Å². The van der Waals surface area contributed by atoms with Crippen molar-refractivity contribution in [3.8, 4) is 0 Å². The first-order valence-electron chi connectivity index (χ1n) is 7.59. The molecule has 0 heterocycles. The Morgan fingerprint density at radius 3 is 1.41 bits per heavy atom. The fraction of sp³-hybridized carbons (Fsp3) is 0.0952. The maximum Gasteiger partial charge on any atom is 0.0629 e. The zero-order valence-electron chi connectivity index (χ0n) is 12.5. The van der Waals surface area contributed by atoms with Crippen molar-refractivity contribution in [2.75, 3.05) is 0 Å². The lowest BCUT2D eigenvalue weighted by atomic mass is 10.0. The number of para-hydroxylation sites is 1. The molecule has 0 atom stereocenters. The van der Waals surface area contributed by atoms with Crippen LogP contribution >= 0.6 is 0 Å². The summed E-state index contributed by atoms with van der Waals surface area (Å²) in [6.07, 6.45) is 1.76. The molecule has 0 bridgehead atoms. The number of hydrogen-bond acceptors (Lipinski definition) is 1. The van der Waals surface area contributed by atoms with Gasteiger partial charge in [0.05, 0.1) is 5.69 Å². The van der Waals surface area contributed by atoms with E-state index < -0.39 is 0 Å². The summed E-state index contributed by atoms with van der Waals surface area (Å²) < 4.78 is 0. The summed E-state index contributed by atoms with van der Waals surface area (Å²) in [4.78, 5) is 4.87. The molecule has 0 saturated carbocycles. The Morgan fingerprint density at radius 1 is 0.545 bits per heavy atom. The van der Waals surface area contributed by atoms with E-state index in [1.807, 2.05) is 18.2 Å². The highest BCUT2D eigenvalue weighted by Gasteiger charge is 2.04. The van der Waals surface area contributed by atoms with Gasteiger partial charge in [0.25, 0.3) is 0 Å². The van der Waals surface area contributed by atoms with Crippen LogP contribution < -0.4 is 0 Å². The Bertz CT molecular complexity index is 672. The molecule has 0 radical (unpaired) electrons. The SMILES string of the molecule is c1ccc(CC(Cc2ccccc2)=Nc2ccccc2)cc1. The first-order valence-corrected chi connectivity index (χ1v) is 7.59. The second-order valence-electron chi connectivity index (χ2n) is 5.34. The molecule has 0 aliphatic heterocycles. The smallest absolute Gasteiger partial charge is 0.0629 e. The van der Waals surface area contributed by atoms with Gasteiger partial charge < -0.3 is 0 Å². The summed E-state index contributed by atoms with van der Waals surface area (Å²) >= 11 is 0. The lowest BCUT2D eigenvalue weighted by molar-refractivity contribution is 1.20. The third kappa shape index (κ3) is 4.16. The number of benzene rings is 3. The fourth-order valence-electron chi connectivity index (χ4n) is 2.49. The van der Waals surface area contributed by atoms with E-state index in [4.69, 9.17) is 4.99 Å². The molecule has 0 spiro atoms. The molecule has 0 aliphatic carbocycles. The number of nitrogens with zero attached hydrogens (tertiary/aromatic N) is 1. The van der Waals surface area contributed by atoms with Gasteiger partial charge in [0.1, 0.15) is 0 Å². The van der Waals surface area contributed by atoms with E-state index in [1.54, 1.807) is 0 Å². The van der Waals surface area contributed by atoms with Crippen LogP contribution in [0, 0.1) is 0 Å². The molecule has 3 rings (SSSR count). The average molecular weight is 285 g/mol. The maximum absolute atomic E-state index is 4.87. The van der Waals surface area contributed by atoms with Crippen molar-refractivity contribution in [2.45, 2.75) is 12.8 Å². The molecule has 22 heavy (non-hydrogen) atoms. The summed E-state index contributed by atoms with van der Waals surface area (Å²) in [6, 6.07) is 31.2. The quantitative estimate of drug-likeness (QED) is 0.568. The van der Waals surface area contributed by atoms with Gasteiger partial charge in [-0.05, 0) is 23.3 Å². The summed E-state index contributed by atoms with van der Waals surface area (Å²) in [5, 5.41) is 0. The predicted octanol–water partition coefficient (Wildman–Crippen LogP) is 5.24. The summed E-state index contributed by atoms with van der Waals surface area (Å²) in [5.74, 6) is 0. The minimum absolute atomic E-state index is 0.880. The van der Waals surface area contributed by atoms with Crippen LogP contribution in [0.2, 0.25) is 0 Å². The minimum atomic E-state index is 0.880. The van der Waals surface area contributed by atoms with Crippen molar-refractivity contribution in [1.29, 1.82) is 0 Å². The van der Waals surface area contributed by atoms with Gasteiger partial charge in [0.15, 0.2) is 0 Å². The first-order chi connectivity index (χ1) is 10.9. The Labute approximate surface area is 132 Å². The van der Waals surface area contributed by atoms with Crippen molar-refractivity contribution in [1.82, 2.24) is 0 Å². The molecule has 1 heteroatoms. The molecular formula is C21H19N. The zero-order chi connectivity index (χ0) is 15.0. The normalized spacial score (nSPS) is 10.2. The summed E-state index contributed by atoms with van der Waals surface area (Å²) in [6.45, 7) is 0. The molecule has 0 aliphatic rings. The summed E-state index contributed by atoms with van der Waals surface area (Å²) in [5.41, 5.74) is 4.80. The molecule has 3 aromatic carbocycles. The molecule has 0 fully saturated rings. The fourth-order valence-corrected chi connectivity index (χ4v) is 2.49. The molecule has 108 valence electrons. The van der Waals surface area contributed by atoms with Crippen molar-refractivity contribution < 1.29 is 0 Å². The second-order valence-corrected chi connectivity index (χ2v) is 5.34. The van der Waals surface area contributed by atoms with Crippen LogP contribution in [0.4, 0.5) is 5.69 Å². The van der Waals surface area contributed by atoms with Crippen LogP contribution in [-0.2, 0) is 12.8 Å². The van der Waals surface area contributed by atoms with Gasteiger partial charge in [-0.1, -0.05) is 78.9 Å². The van der Waals surface area contributed by atoms with Crippen molar-refractivity contribution in [3.63, 3.8) is 0 Å². The number of hydrogen-bond donors (Lipinski definition) is 0.